The van der Waals surface area contributed by atoms with Crippen LogP contribution in [-0.4, -0.2) is 55.3 Å². The molecule has 4 heterocycles. The highest BCUT2D eigenvalue weighted by Gasteiger charge is 2.58. The smallest absolute Gasteiger partial charge is 0.352 e. The highest BCUT2D eigenvalue weighted by Crippen LogP contribution is 2.51. The summed E-state index contributed by atoms with van der Waals surface area (Å²) in [6.45, 7) is 1.89. The number of β-lactam (4-membered cyclic amide) rings is 1. The van der Waals surface area contributed by atoms with Crippen LogP contribution in [0.3, 0.4) is 0 Å². The molecule has 3 atom stereocenters. The Kier molecular flexibility index (Phi) is 3.89. The molecule has 0 unspecified atom stereocenters. The normalized spacial score (nSPS) is 25.6. The molecule has 1 fully saturated rings. The average molecular weight is 379 g/mol. The number of hydrogen-bond acceptors (Lipinski definition) is 6. The molecule has 4 rings (SSSR count). The zero-order valence-electron chi connectivity index (χ0n) is 13.7. The van der Waals surface area contributed by atoms with Gasteiger partial charge in [-0.15, -0.1) is 23.1 Å². The summed E-state index contributed by atoms with van der Waals surface area (Å²) in [6.07, 6.45) is 5.93. The number of aliphatic hydroxyl groups is 1. The molecule has 2 aromatic rings. The SMILES string of the molecule is CSc1ncn2cc(C3=C(C(=O)O)N4C(=O)[C@@H](CCO)[C@H]4[C@@H]3C)sc12. The molecule has 0 spiro atoms. The predicted octanol–water partition coefficient (Wildman–Crippen LogP) is 1.77. The number of imidazole rings is 1. The number of fused-ring (bicyclic) bond motifs is 2. The Morgan fingerprint density at radius 2 is 2.24 bits per heavy atom. The number of aliphatic hydroxyl groups excluding tert-OH is 1. The summed E-state index contributed by atoms with van der Waals surface area (Å²) in [5.74, 6) is -1.68. The standard InChI is InChI=1S/C16H17N3O4S2/c1-7-10(9-5-18-6-17-13(24-2)15(18)25-9)12(16(22)23)19-11(7)8(3-4-20)14(19)21/h5-8,11,20H,3-4H2,1-2H3,(H,22,23)/t7-,8+,11-/m1/s1. The molecule has 25 heavy (non-hydrogen) atoms. The number of amides is 1. The van der Waals surface area contributed by atoms with Gasteiger partial charge in [-0.3, -0.25) is 9.20 Å². The Labute approximate surface area is 152 Å². The first-order chi connectivity index (χ1) is 12.0. The minimum atomic E-state index is -1.08. The van der Waals surface area contributed by atoms with E-state index >= 15 is 0 Å². The van der Waals surface area contributed by atoms with Gasteiger partial charge in [-0.1, -0.05) is 6.92 Å². The van der Waals surface area contributed by atoms with Gasteiger partial charge in [0.2, 0.25) is 5.91 Å². The fourth-order valence-corrected chi connectivity index (χ4v) is 5.87. The van der Waals surface area contributed by atoms with Gasteiger partial charge in [-0.25, -0.2) is 9.78 Å². The second kappa shape index (κ2) is 5.86. The first-order valence-electron chi connectivity index (χ1n) is 7.91. The number of thiazole rings is 1. The van der Waals surface area contributed by atoms with Crippen LogP contribution in [0.2, 0.25) is 0 Å². The molecule has 2 aliphatic rings. The maximum atomic E-state index is 12.4. The maximum absolute atomic E-state index is 12.4. The number of carbonyl (C=O) groups excluding carboxylic acids is 1. The summed E-state index contributed by atoms with van der Waals surface area (Å²) in [7, 11) is 0. The molecule has 2 aromatic heterocycles. The van der Waals surface area contributed by atoms with E-state index in [-0.39, 0.29) is 36.1 Å². The Morgan fingerprint density at radius 1 is 1.48 bits per heavy atom. The number of carbonyl (C=O) groups is 2. The quantitative estimate of drug-likeness (QED) is 0.607. The third-order valence-corrected chi connectivity index (χ3v) is 6.97. The molecule has 0 saturated carbocycles. The summed E-state index contributed by atoms with van der Waals surface area (Å²) >= 11 is 3.04. The molecule has 9 heteroatoms. The van der Waals surface area contributed by atoms with Gasteiger partial charge in [0.25, 0.3) is 0 Å². The molecule has 2 aliphatic heterocycles. The van der Waals surface area contributed by atoms with Crippen LogP contribution in [0, 0.1) is 11.8 Å². The lowest BCUT2D eigenvalue weighted by molar-refractivity contribution is -0.157. The molecule has 0 bridgehead atoms. The fraction of sp³-hybridized carbons (Fsp3) is 0.438. The van der Waals surface area contributed by atoms with Gasteiger partial charge in [-0.05, 0) is 12.7 Å². The van der Waals surface area contributed by atoms with Crippen LogP contribution in [-0.2, 0) is 9.59 Å². The van der Waals surface area contributed by atoms with Crippen molar-refractivity contribution in [2.45, 2.75) is 24.4 Å². The van der Waals surface area contributed by atoms with Gasteiger partial charge >= 0.3 is 5.97 Å². The number of aliphatic carboxylic acids is 1. The molecule has 0 aromatic carbocycles. The minimum absolute atomic E-state index is 0.0726. The Balaban J connectivity index is 1.82. The second-order valence-corrected chi connectivity index (χ2v) is 8.06. The van der Waals surface area contributed by atoms with Gasteiger partial charge in [-0.2, -0.15) is 0 Å². The largest absolute Gasteiger partial charge is 0.477 e. The summed E-state index contributed by atoms with van der Waals surface area (Å²) in [6, 6.07) is -0.180. The lowest BCUT2D eigenvalue weighted by Crippen LogP contribution is -2.60. The van der Waals surface area contributed by atoms with Gasteiger partial charge < -0.3 is 15.1 Å². The van der Waals surface area contributed by atoms with Crippen molar-refractivity contribution in [2.75, 3.05) is 12.9 Å². The first kappa shape index (κ1) is 16.6. The summed E-state index contributed by atoms with van der Waals surface area (Å²) in [5.41, 5.74) is 0.784. The van der Waals surface area contributed by atoms with Crippen LogP contribution in [0.25, 0.3) is 10.4 Å². The third-order valence-electron chi connectivity index (χ3n) is 5.01. The van der Waals surface area contributed by atoms with E-state index in [1.807, 2.05) is 23.8 Å². The van der Waals surface area contributed by atoms with Crippen LogP contribution in [0.15, 0.2) is 23.2 Å². The van der Waals surface area contributed by atoms with Crippen molar-refractivity contribution in [3.63, 3.8) is 0 Å². The van der Waals surface area contributed by atoms with Crippen molar-refractivity contribution in [1.29, 1.82) is 0 Å². The van der Waals surface area contributed by atoms with Crippen LogP contribution < -0.4 is 0 Å². The van der Waals surface area contributed by atoms with E-state index in [0.29, 0.717) is 12.0 Å². The second-order valence-electron chi connectivity index (χ2n) is 6.24. The highest BCUT2D eigenvalue weighted by molar-refractivity contribution is 7.98. The monoisotopic (exact) mass is 379 g/mol. The van der Waals surface area contributed by atoms with Crippen molar-refractivity contribution in [3.8, 4) is 0 Å². The first-order valence-corrected chi connectivity index (χ1v) is 9.96. The number of nitrogens with zero attached hydrogens (tertiary/aromatic N) is 3. The van der Waals surface area contributed by atoms with E-state index in [1.54, 1.807) is 18.1 Å². The Hall–Kier alpha value is -1.84. The third kappa shape index (κ3) is 2.19. The van der Waals surface area contributed by atoms with Gasteiger partial charge in [0.05, 0.1) is 16.8 Å². The molecule has 132 valence electrons. The zero-order chi connectivity index (χ0) is 17.9. The minimum Gasteiger partial charge on any atom is -0.477 e. The van der Waals surface area contributed by atoms with Gasteiger partial charge in [0, 0.05) is 24.3 Å². The lowest BCUT2D eigenvalue weighted by Gasteiger charge is -2.45. The molecule has 0 radical (unpaired) electrons. The number of aromatic nitrogens is 2. The van der Waals surface area contributed by atoms with E-state index in [0.717, 1.165) is 14.7 Å². The van der Waals surface area contributed by atoms with E-state index < -0.39 is 5.97 Å². The number of carboxylic acids is 1. The molecule has 0 aliphatic carbocycles. The van der Waals surface area contributed by atoms with Crippen molar-refractivity contribution in [2.24, 2.45) is 11.8 Å². The molecule has 1 saturated heterocycles. The number of carboxylic acid groups (broad SMARTS) is 1. The highest BCUT2D eigenvalue weighted by atomic mass is 32.2. The fourth-order valence-electron chi connectivity index (χ4n) is 3.95. The van der Waals surface area contributed by atoms with Gasteiger partial charge in [0.15, 0.2) is 0 Å². The van der Waals surface area contributed by atoms with Crippen LogP contribution in [0.5, 0.6) is 0 Å². The number of hydrogen-bond donors (Lipinski definition) is 2. The lowest BCUT2D eigenvalue weighted by atomic mass is 9.79. The zero-order valence-corrected chi connectivity index (χ0v) is 15.3. The molecule has 7 nitrogen and oxygen atoms in total. The van der Waals surface area contributed by atoms with Crippen LogP contribution >= 0.6 is 23.1 Å². The molecule has 1 amide bonds. The Bertz CT molecular complexity index is 916. The van der Waals surface area contributed by atoms with Gasteiger partial charge in [0.1, 0.15) is 21.9 Å². The van der Waals surface area contributed by atoms with Crippen molar-refractivity contribution < 1.29 is 19.8 Å². The summed E-state index contributed by atoms with van der Waals surface area (Å²) in [5, 5.41) is 19.8. The van der Waals surface area contributed by atoms with E-state index in [1.165, 1.54) is 16.2 Å². The van der Waals surface area contributed by atoms with Crippen molar-refractivity contribution >= 4 is 45.4 Å². The maximum Gasteiger partial charge on any atom is 0.352 e. The molecular formula is C16H17N3O4S2. The van der Waals surface area contributed by atoms with E-state index in [9.17, 15) is 19.8 Å². The Morgan fingerprint density at radius 3 is 2.88 bits per heavy atom. The average Bonchev–Trinajstić information content (AvgIpc) is 3.21. The number of thioether (sulfide) groups is 1. The number of rotatable bonds is 5. The van der Waals surface area contributed by atoms with Crippen LogP contribution in [0.1, 0.15) is 18.2 Å². The topological polar surface area (TPSA) is 95.1 Å². The molecule has 2 N–H and O–H groups in total. The van der Waals surface area contributed by atoms with Crippen LogP contribution in [0.4, 0.5) is 0 Å². The van der Waals surface area contributed by atoms with Crippen molar-refractivity contribution in [3.05, 3.63) is 23.1 Å². The molecular weight excluding hydrogens is 362 g/mol. The van der Waals surface area contributed by atoms with E-state index in [2.05, 4.69) is 4.98 Å². The predicted molar refractivity (Wildman–Crippen MR) is 94.4 cm³/mol. The summed E-state index contributed by atoms with van der Waals surface area (Å²) in [4.78, 5) is 31.8. The summed E-state index contributed by atoms with van der Waals surface area (Å²) < 4.78 is 1.90. The van der Waals surface area contributed by atoms with Crippen molar-refractivity contribution in [1.82, 2.24) is 14.3 Å². The van der Waals surface area contributed by atoms with E-state index in [4.69, 9.17) is 0 Å².